The monoisotopic (exact) mass is 223 g/mol. The van der Waals surface area contributed by atoms with E-state index in [1.165, 1.54) is 18.5 Å². The molecule has 1 N–H and O–H groups in total. The minimum absolute atomic E-state index is 0.558. The summed E-state index contributed by atoms with van der Waals surface area (Å²) in [4.78, 5) is 4.22. The smallest absolute Gasteiger partial charge is 0.0951 e. The maximum atomic E-state index is 5.11. The van der Waals surface area contributed by atoms with Crippen molar-refractivity contribution >= 4 is 0 Å². The molecule has 1 heterocycles. The quantitative estimate of drug-likeness (QED) is 0.763. The van der Waals surface area contributed by atoms with Crippen LogP contribution in [0.25, 0.3) is 0 Å². The van der Waals surface area contributed by atoms with Gasteiger partial charge in [0.25, 0.3) is 0 Å². The first-order chi connectivity index (χ1) is 7.81. The van der Waals surface area contributed by atoms with Gasteiger partial charge in [-0.1, -0.05) is 6.92 Å². The van der Waals surface area contributed by atoms with E-state index in [0.717, 1.165) is 25.7 Å². The van der Waals surface area contributed by atoms with Gasteiger partial charge in [-0.2, -0.15) is 0 Å². The lowest BCUT2D eigenvalue weighted by Crippen LogP contribution is -2.24. The predicted molar refractivity (Wildman–Crippen MR) is 63.2 cm³/mol. The number of nitrogens with zero attached hydrogens (tertiary/aromatic N) is 2. The molecule has 2 rings (SSSR count). The van der Waals surface area contributed by atoms with Crippen LogP contribution in [0.2, 0.25) is 0 Å². The fourth-order valence-electron chi connectivity index (χ4n) is 1.94. The summed E-state index contributed by atoms with van der Waals surface area (Å²) in [6.07, 6.45) is 6.53. The number of methoxy groups -OCH3 is 1. The molecule has 1 aliphatic carbocycles. The third kappa shape index (κ3) is 3.06. The molecule has 16 heavy (non-hydrogen) atoms. The van der Waals surface area contributed by atoms with Crippen molar-refractivity contribution < 1.29 is 4.74 Å². The molecular weight excluding hydrogens is 202 g/mol. The van der Waals surface area contributed by atoms with Gasteiger partial charge >= 0.3 is 0 Å². The summed E-state index contributed by atoms with van der Waals surface area (Å²) in [5, 5.41) is 3.45. The highest BCUT2D eigenvalue weighted by molar-refractivity contribution is 5.03. The van der Waals surface area contributed by atoms with Crippen LogP contribution in [-0.2, 0) is 11.3 Å². The van der Waals surface area contributed by atoms with Crippen molar-refractivity contribution in [2.24, 2.45) is 5.92 Å². The van der Waals surface area contributed by atoms with E-state index in [1.807, 2.05) is 12.5 Å². The average molecular weight is 223 g/mol. The van der Waals surface area contributed by atoms with Crippen LogP contribution in [0.1, 0.15) is 31.5 Å². The van der Waals surface area contributed by atoms with Crippen LogP contribution in [0, 0.1) is 5.92 Å². The molecule has 1 aromatic heterocycles. The highest BCUT2D eigenvalue weighted by atomic mass is 16.5. The standard InChI is InChI=1S/C12H21N3O/c1-10(8-16-2)5-13-6-12-7-14-9-15(12)11-3-4-11/h7,9-11,13H,3-6,8H2,1-2H3. The van der Waals surface area contributed by atoms with Crippen LogP contribution in [0.15, 0.2) is 12.5 Å². The van der Waals surface area contributed by atoms with Crippen LogP contribution >= 0.6 is 0 Å². The molecule has 0 aromatic carbocycles. The zero-order valence-corrected chi connectivity index (χ0v) is 10.1. The molecule has 1 fully saturated rings. The van der Waals surface area contributed by atoms with Gasteiger partial charge in [0.2, 0.25) is 0 Å². The van der Waals surface area contributed by atoms with E-state index in [1.54, 1.807) is 7.11 Å². The molecule has 0 radical (unpaired) electrons. The summed E-state index contributed by atoms with van der Waals surface area (Å²) in [5.41, 5.74) is 1.30. The fourth-order valence-corrected chi connectivity index (χ4v) is 1.94. The van der Waals surface area contributed by atoms with E-state index in [2.05, 4.69) is 21.8 Å². The first-order valence-corrected chi connectivity index (χ1v) is 6.01. The highest BCUT2D eigenvalue weighted by Gasteiger charge is 2.24. The number of ether oxygens (including phenoxy) is 1. The maximum Gasteiger partial charge on any atom is 0.0951 e. The molecule has 1 unspecified atom stereocenters. The second-order valence-corrected chi connectivity index (χ2v) is 4.71. The SMILES string of the molecule is COCC(C)CNCc1cncn1C1CC1. The Morgan fingerprint density at radius 3 is 3.12 bits per heavy atom. The Labute approximate surface area is 97.0 Å². The molecule has 0 bridgehead atoms. The van der Waals surface area contributed by atoms with Crippen LogP contribution in [0.3, 0.4) is 0 Å². The Hall–Kier alpha value is -0.870. The molecule has 0 aliphatic heterocycles. The third-order valence-corrected chi connectivity index (χ3v) is 2.94. The summed E-state index contributed by atoms with van der Waals surface area (Å²) in [6, 6.07) is 0.718. The lowest BCUT2D eigenvalue weighted by atomic mass is 10.2. The van der Waals surface area contributed by atoms with Gasteiger partial charge in [0, 0.05) is 39.0 Å². The third-order valence-electron chi connectivity index (χ3n) is 2.94. The van der Waals surface area contributed by atoms with Crippen molar-refractivity contribution in [3.63, 3.8) is 0 Å². The zero-order chi connectivity index (χ0) is 11.4. The number of hydrogen-bond donors (Lipinski definition) is 1. The summed E-state index contributed by atoms with van der Waals surface area (Å²) >= 11 is 0. The van der Waals surface area contributed by atoms with E-state index >= 15 is 0 Å². The molecule has 1 saturated carbocycles. The van der Waals surface area contributed by atoms with Crippen molar-refractivity contribution in [3.8, 4) is 0 Å². The Morgan fingerprint density at radius 2 is 2.44 bits per heavy atom. The lowest BCUT2D eigenvalue weighted by Gasteiger charge is -2.12. The summed E-state index contributed by atoms with van der Waals surface area (Å²) < 4.78 is 7.41. The van der Waals surface area contributed by atoms with Crippen molar-refractivity contribution in [2.45, 2.75) is 32.4 Å². The molecular formula is C12H21N3O. The van der Waals surface area contributed by atoms with Crippen molar-refractivity contribution in [1.29, 1.82) is 0 Å². The van der Waals surface area contributed by atoms with Crippen molar-refractivity contribution in [1.82, 2.24) is 14.9 Å². The Kier molecular flexibility index (Phi) is 3.96. The predicted octanol–water partition coefficient (Wildman–Crippen LogP) is 1.59. The highest BCUT2D eigenvalue weighted by Crippen LogP contribution is 2.35. The Morgan fingerprint density at radius 1 is 1.62 bits per heavy atom. The molecule has 1 aromatic rings. The van der Waals surface area contributed by atoms with Crippen LogP contribution in [0.5, 0.6) is 0 Å². The van der Waals surface area contributed by atoms with Gasteiger partial charge in [-0.25, -0.2) is 4.98 Å². The number of aromatic nitrogens is 2. The van der Waals surface area contributed by atoms with E-state index in [0.29, 0.717) is 5.92 Å². The van der Waals surface area contributed by atoms with Crippen LogP contribution in [-0.4, -0.2) is 29.8 Å². The van der Waals surface area contributed by atoms with Gasteiger partial charge in [-0.3, -0.25) is 0 Å². The Bertz CT molecular complexity index is 320. The minimum atomic E-state index is 0.558. The summed E-state index contributed by atoms with van der Waals surface area (Å²) in [7, 11) is 1.75. The van der Waals surface area contributed by atoms with Crippen molar-refractivity contribution in [3.05, 3.63) is 18.2 Å². The van der Waals surface area contributed by atoms with Crippen molar-refractivity contribution in [2.75, 3.05) is 20.3 Å². The molecule has 0 saturated heterocycles. The normalized spacial score (nSPS) is 17.6. The van der Waals surface area contributed by atoms with E-state index in [9.17, 15) is 0 Å². The maximum absolute atomic E-state index is 5.11. The van der Waals surface area contributed by atoms with Gasteiger partial charge in [0.1, 0.15) is 0 Å². The topological polar surface area (TPSA) is 39.1 Å². The second kappa shape index (κ2) is 5.46. The largest absolute Gasteiger partial charge is 0.384 e. The zero-order valence-electron chi connectivity index (χ0n) is 10.1. The van der Waals surface area contributed by atoms with Crippen LogP contribution < -0.4 is 5.32 Å². The lowest BCUT2D eigenvalue weighted by molar-refractivity contribution is 0.158. The fraction of sp³-hybridized carbons (Fsp3) is 0.750. The molecule has 0 amide bonds. The molecule has 4 nitrogen and oxygen atoms in total. The molecule has 4 heteroatoms. The molecule has 90 valence electrons. The van der Waals surface area contributed by atoms with E-state index < -0.39 is 0 Å². The van der Waals surface area contributed by atoms with E-state index in [4.69, 9.17) is 4.74 Å². The number of rotatable bonds is 7. The van der Waals surface area contributed by atoms with Gasteiger partial charge in [-0.05, 0) is 18.8 Å². The minimum Gasteiger partial charge on any atom is -0.384 e. The molecule has 1 aliphatic rings. The number of imidazole rings is 1. The number of nitrogens with one attached hydrogen (secondary N) is 1. The van der Waals surface area contributed by atoms with Gasteiger partial charge in [0.05, 0.1) is 12.0 Å². The van der Waals surface area contributed by atoms with E-state index in [-0.39, 0.29) is 0 Å². The second-order valence-electron chi connectivity index (χ2n) is 4.71. The molecule has 0 spiro atoms. The summed E-state index contributed by atoms with van der Waals surface area (Å²) in [6.45, 7) is 4.90. The molecule has 1 atom stereocenters. The first-order valence-electron chi connectivity index (χ1n) is 6.01. The van der Waals surface area contributed by atoms with Gasteiger partial charge in [0.15, 0.2) is 0 Å². The van der Waals surface area contributed by atoms with Gasteiger partial charge in [-0.15, -0.1) is 0 Å². The Balaban J connectivity index is 1.74. The summed E-state index contributed by atoms with van der Waals surface area (Å²) in [5.74, 6) is 0.558. The number of hydrogen-bond acceptors (Lipinski definition) is 3. The average Bonchev–Trinajstić information content (AvgIpc) is 3.00. The van der Waals surface area contributed by atoms with Crippen LogP contribution in [0.4, 0.5) is 0 Å². The first kappa shape index (κ1) is 11.6. The van der Waals surface area contributed by atoms with Gasteiger partial charge < -0.3 is 14.6 Å².